The molecule has 1 aromatic rings. The number of imide groups is 1. The number of carbonyl (C=O) groups excluding carboxylic acids is 4. The Morgan fingerprint density at radius 3 is 2.50 bits per heavy atom. The largest absolute Gasteiger partial charge is 0.354 e. The van der Waals surface area contributed by atoms with Crippen molar-refractivity contribution >= 4 is 35.4 Å². The lowest BCUT2D eigenvalue weighted by Gasteiger charge is -2.09. The number of urea groups is 1. The van der Waals surface area contributed by atoms with Crippen LogP contribution in [0.25, 0.3) is 0 Å². The first-order valence-corrected chi connectivity index (χ1v) is 7.76. The molecule has 0 spiro atoms. The highest BCUT2D eigenvalue weighted by atomic mass is 35.5. The molecule has 128 valence electrons. The average Bonchev–Trinajstić information content (AvgIpc) is 2.87. The number of carbonyl (C=O) groups is 4. The van der Waals surface area contributed by atoms with Gasteiger partial charge in [-0.15, -0.1) is 0 Å². The number of hydrogen-bond acceptors (Lipinski definition) is 4. The van der Waals surface area contributed by atoms with Crippen LogP contribution in [0.4, 0.5) is 4.79 Å². The minimum atomic E-state index is -0.678. The Morgan fingerprint density at radius 2 is 1.83 bits per heavy atom. The van der Waals surface area contributed by atoms with Gasteiger partial charge >= 0.3 is 6.03 Å². The number of benzene rings is 1. The van der Waals surface area contributed by atoms with Gasteiger partial charge in [0.1, 0.15) is 6.04 Å². The summed E-state index contributed by atoms with van der Waals surface area (Å²) < 4.78 is 0. The Balaban J connectivity index is 1.63. The van der Waals surface area contributed by atoms with Gasteiger partial charge in [-0.1, -0.05) is 23.7 Å². The van der Waals surface area contributed by atoms with Gasteiger partial charge in [-0.25, -0.2) is 4.79 Å². The third-order valence-electron chi connectivity index (χ3n) is 3.37. The Bertz CT molecular complexity index is 665. The van der Waals surface area contributed by atoms with Crippen LogP contribution in [0.3, 0.4) is 0 Å². The van der Waals surface area contributed by atoms with Gasteiger partial charge in [0.15, 0.2) is 0 Å². The maximum atomic E-state index is 11.9. The van der Waals surface area contributed by atoms with Crippen LogP contribution in [0.2, 0.25) is 5.02 Å². The van der Waals surface area contributed by atoms with E-state index in [1.54, 1.807) is 24.3 Å². The lowest BCUT2D eigenvalue weighted by Crippen LogP contribution is -2.36. The highest BCUT2D eigenvalue weighted by Gasteiger charge is 2.29. The zero-order valence-corrected chi connectivity index (χ0v) is 13.5. The van der Waals surface area contributed by atoms with Gasteiger partial charge in [-0.05, 0) is 18.6 Å². The number of hydrogen-bond donors (Lipinski definition) is 4. The molecule has 1 aromatic carbocycles. The molecule has 1 atom stereocenters. The van der Waals surface area contributed by atoms with E-state index in [1.165, 1.54) is 0 Å². The van der Waals surface area contributed by atoms with Crippen LogP contribution in [0.15, 0.2) is 24.3 Å². The Labute approximate surface area is 143 Å². The molecule has 5 amide bonds. The summed E-state index contributed by atoms with van der Waals surface area (Å²) in [6.45, 7) is 0.495. The third-order valence-corrected chi connectivity index (χ3v) is 3.70. The van der Waals surface area contributed by atoms with Gasteiger partial charge in [0.2, 0.25) is 5.91 Å². The Hall–Kier alpha value is -2.61. The third kappa shape index (κ3) is 4.95. The van der Waals surface area contributed by atoms with Crippen LogP contribution < -0.4 is 21.3 Å². The number of halogens is 1. The highest BCUT2D eigenvalue weighted by molar-refractivity contribution is 6.33. The van der Waals surface area contributed by atoms with Crippen molar-refractivity contribution in [2.75, 3.05) is 13.1 Å². The predicted molar refractivity (Wildman–Crippen MR) is 86.5 cm³/mol. The normalized spacial score (nSPS) is 16.3. The molecule has 8 nitrogen and oxygen atoms in total. The van der Waals surface area contributed by atoms with E-state index in [0.717, 1.165) is 0 Å². The molecule has 2 rings (SSSR count). The fraction of sp³-hybridized carbons (Fsp3) is 0.333. The van der Waals surface area contributed by atoms with Crippen molar-refractivity contribution < 1.29 is 19.2 Å². The van der Waals surface area contributed by atoms with Crippen molar-refractivity contribution in [1.82, 2.24) is 21.3 Å². The highest BCUT2D eigenvalue weighted by Crippen LogP contribution is 2.14. The molecule has 24 heavy (non-hydrogen) atoms. The van der Waals surface area contributed by atoms with Gasteiger partial charge in [-0.2, -0.15) is 0 Å². The second kappa shape index (κ2) is 8.30. The SMILES string of the molecule is O=C(CCC1NC(=O)NC1=O)NCCNC(=O)c1ccccc1Cl. The molecule has 1 aliphatic heterocycles. The minimum absolute atomic E-state index is 0.0941. The first-order chi connectivity index (χ1) is 11.5. The van der Waals surface area contributed by atoms with Crippen LogP contribution in [-0.4, -0.2) is 42.9 Å². The summed E-state index contributed by atoms with van der Waals surface area (Å²) in [5, 5.41) is 10.1. The fourth-order valence-electron chi connectivity index (χ4n) is 2.14. The first-order valence-electron chi connectivity index (χ1n) is 7.38. The summed E-state index contributed by atoms with van der Waals surface area (Å²) in [6.07, 6.45) is 0.312. The quantitative estimate of drug-likeness (QED) is 0.413. The maximum absolute atomic E-state index is 11.9. The summed E-state index contributed by atoms with van der Waals surface area (Å²) in [6, 6.07) is 5.44. The summed E-state index contributed by atoms with van der Waals surface area (Å²) in [5.74, 6) is -1.02. The van der Waals surface area contributed by atoms with E-state index < -0.39 is 18.0 Å². The van der Waals surface area contributed by atoms with Crippen LogP contribution in [-0.2, 0) is 9.59 Å². The fourth-order valence-corrected chi connectivity index (χ4v) is 2.37. The van der Waals surface area contributed by atoms with E-state index in [9.17, 15) is 19.2 Å². The number of rotatable bonds is 7. The molecule has 1 fully saturated rings. The minimum Gasteiger partial charge on any atom is -0.354 e. The van der Waals surface area contributed by atoms with E-state index in [-0.39, 0.29) is 37.7 Å². The molecule has 1 unspecified atom stereocenters. The van der Waals surface area contributed by atoms with Crippen LogP contribution in [0.5, 0.6) is 0 Å². The standard InChI is InChI=1S/C15H17ClN4O4/c16-10-4-2-1-3-9(10)13(22)18-8-7-17-12(21)6-5-11-14(23)20-15(24)19-11/h1-4,11H,5-8H2,(H,17,21)(H,18,22)(H2,19,20,23,24). The summed E-state index contributed by atoms with van der Waals surface area (Å²) in [7, 11) is 0. The van der Waals surface area contributed by atoms with Gasteiger partial charge in [0.05, 0.1) is 10.6 Å². The lowest BCUT2D eigenvalue weighted by molar-refractivity contribution is -0.122. The van der Waals surface area contributed by atoms with Crippen molar-refractivity contribution in [1.29, 1.82) is 0 Å². The van der Waals surface area contributed by atoms with Crippen molar-refractivity contribution in [2.24, 2.45) is 0 Å². The van der Waals surface area contributed by atoms with Crippen LogP contribution in [0.1, 0.15) is 23.2 Å². The zero-order chi connectivity index (χ0) is 17.5. The molecule has 0 saturated carbocycles. The predicted octanol–water partition coefficient (Wildman–Crippen LogP) is 0.174. The topological polar surface area (TPSA) is 116 Å². The Kier molecular flexibility index (Phi) is 6.14. The van der Waals surface area contributed by atoms with E-state index in [2.05, 4.69) is 21.3 Å². The van der Waals surface area contributed by atoms with Gasteiger partial charge in [0, 0.05) is 19.5 Å². The number of nitrogens with one attached hydrogen (secondary N) is 4. The van der Waals surface area contributed by atoms with Gasteiger partial charge in [0.25, 0.3) is 11.8 Å². The van der Waals surface area contributed by atoms with E-state index in [0.29, 0.717) is 10.6 Å². The molecular formula is C15H17ClN4O4. The summed E-state index contributed by atoms with van der Waals surface area (Å²) in [5.41, 5.74) is 0.369. The molecule has 0 radical (unpaired) electrons. The van der Waals surface area contributed by atoms with E-state index >= 15 is 0 Å². The monoisotopic (exact) mass is 352 g/mol. The average molecular weight is 353 g/mol. The molecular weight excluding hydrogens is 336 g/mol. The van der Waals surface area contributed by atoms with Gasteiger partial charge in [-0.3, -0.25) is 19.7 Å². The Morgan fingerprint density at radius 1 is 1.12 bits per heavy atom. The maximum Gasteiger partial charge on any atom is 0.322 e. The molecule has 1 saturated heterocycles. The smallest absolute Gasteiger partial charge is 0.322 e. The zero-order valence-electron chi connectivity index (χ0n) is 12.7. The molecule has 4 N–H and O–H groups in total. The molecule has 0 bridgehead atoms. The molecule has 0 aliphatic carbocycles. The summed E-state index contributed by atoms with van der Waals surface area (Å²) >= 11 is 5.91. The van der Waals surface area contributed by atoms with E-state index in [4.69, 9.17) is 11.6 Å². The molecule has 1 aliphatic rings. The molecule has 1 heterocycles. The number of amides is 5. The molecule has 9 heteroatoms. The van der Waals surface area contributed by atoms with Gasteiger partial charge < -0.3 is 16.0 Å². The van der Waals surface area contributed by atoms with Crippen molar-refractivity contribution in [2.45, 2.75) is 18.9 Å². The van der Waals surface area contributed by atoms with E-state index in [1.807, 2.05) is 0 Å². The van der Waals surface area contributed by atoms with Crippen molar-refractivity contribution in [3.8, 4) is 0 Å². The first kappa shape index (κ1) is 17.7. The second-order valence-corrected chi connectivity index (χ2v) is 5.55. The summed E-state index contributed by atoms with van der Waals surface area (Å²) in [4.78, 5) is 45.8. The lowest BCUT2D eigenvalue weighted by atomic mass is 10.1. The van der Waals surface area contributed by atoms with Crippen molar-refractivity contribution in [3.63, 3.8) is 0 Å². The van der Waals surface area contributed by atoms with Crippen LogP contribution >= 0.6 is 11.6 Å². The van der Waals surface area contributed by atoms with Crippen molar-refractivity contribution in [3.05, 3.63) is 34.9 Å². The van der Waals surface area contributed by atoms with Crippen LogP contribution in [0, 0.1) is 0 Å². The second-order valence-electron chi connectivity index (χ2n) is 5.14. The molecule has 0 aromatic heterocycles.